The first-order chi connectivity index (χ1) is 17.3. The largest absolute Gasteiger partial charge is 0.416 e. The highest BCUT2D eigenvalue weighted by Gasteiger charge is 2.31. The fourth-order valence-corrected chi connectivity index (χ4v) is 4.88. The predicted octanol–water partition coefficient (Wildman–Crippen LogP) is 4.99. The van der Waals surface area contributed by atoms with Crippen LogP contribution in [0.5, 0.6) is 0 Å². The summed E-state index contributed by atoms with van der Waals surface area (Å²) in [5.74, 6) is -1.57. The van der Waals surface area contributed by atoms with E-state index in [1.165, 1.54) is 0 Å². The van der Waals surface area contributed by atoms with Gasteiger partial charge in [0.15, 0.2) is 0 Å². The first-order valence-electron chi connectivity index (χ1n) is 10.3. The monoisotopic (exact) mass is 574 g/mol. The Kier molecular flexibility index (Phi) is 8.57. The molecule has 14 heteroatoms. The Balaban J connectivity index is 1.72. The van der Waals surface area contributed by atoms with Crippen LogP contribution in [0.1, 0.15) is 21.5 Å². The van der Waals surface area contributed by atoms with E-state index in [1.807, 2.05) is 23.8 Å². The van der Waals surface area contributed by atoms with Crippen LogP contribution in [0, 0.1) is 6.92 Å². The average molecular weight is 575 g/mol. The van der Waals surface area contributed by atoms with Crippen molar-refractivity contribution in [2.45, 2.75) is 18.0 Å². The molecule has 0 unspecified atom stereocenters. The van der Waals surface area contributed by atoms with E-state index in [2.05, 4.69) is 16.2 Å². The number of alkyl halides is 3. The Labute approximate surface area is 220 Å². The maximum absolute atomic E-state index is 13.0. The minimum Gasteiger partial charge on any atom is -0.376 e. The SMILES string of the molecule is Cc1ccc(NCC(=O)NNC(=O)c2cc(S(=O)(=O)Nc3cccc(C(F)(F)F)c3)c(Cl)cc2Cl)cc1. The second-order valence-corrected chi connectivity index (χ2v) is 10.1. The molecule has 196 valence electrons. The lowest BCUT2D eigenvalue weighted by Gasteiger charge is -2.14. The fraction of sp³-hybridized carbons (Fsp3) is 0.130. The van der Waals surface area contributed by atoms with E-state index in [1.54, 1.807) is 12.1 Å². The molecule has 0 aliphatic heterocycles. The quantitative estimate of drug-likeness (QED) is 0.296. The van der Waals surface area contributed by atoms with Crippen molar-refractivity contribution in [2.75, 3.05) is 16.6 Å². The van der Waals surface area contributed by atoms with Gasteiger partial charge in [-0.2, -0.15) is 13.2 Å². The number of carbonyl (C=O) groups excluding carboxylic acids is 2. The molecular formula is C23H19Cl2F3N4O4S. The van der Waals surface area contributed by atoms with Crippen molar-refractivity contribution in [1.82, 2.24) is 10.9 Å². The van der Waals surface area contributed by atoms with Crippen molar-refractivity contribution < 1.29 is 31.2 Å². The van der Waals surface area contributed by atoms with Gasteiger partial charge in [-0.1, -0.05) is 47.0 Å². The zero-order chi connectivity index (χ0) is 27.4. The van der Waals surface area contributed by atoms with E-state index in [9.17, 15) is 31.2 Å². The molecule has 0 heterocycles. The van der Waals surface area contributed by atoms with Gasteiger partial charge in [0.2, 0.25) is 0 Å². The van der Waals surface area contributed by atoms with Crippen LogP contribution < -0.4 is 20.9 Å². The molecule has 0 fully saturated rings. The minimum atomic E-state index is -4.69. The normalized spacial score (nSPS) is 11.5. The van der Waals surface area contributed by atoms with Crippen LogP contribution in [0.15, 0.2) is 65.6 Å². The van der Waals surface area contributed by atoms with Crippen LogP contribution in [-0.4, -0.2) is 26.8 Å². The number of anilines is 2. The zero-order valence-electron chi connectivity index (χ0n) is 18.9. The van der Waals surface area contributed by atoms with E-state index in [-0.39, 0.29) is 27.8 Å². The predicted molar refractivity (Wildman–Crippen MR) is 134 cm³/mol. The molecule has 0 aliphatic rings. The van der Waals surface area contributed by atoms with E-state index in [0.717, 1.165) is 35.9 Å². The van der Waals surface area contributed by atoms with Crippen molar-refractivity contribution in [3.63, 3.8) is 0 Å². The van der Waals surface area contributed by atoms with Crippen LogP contribution in [0.2, 0.25) is 10.0 Å². The molecule has 0 spiro atoms. The number of rotatable bonds is 7. The highest BCUT2D eigenvalue weighted by Crippen LogP contribution is 2.33. The number of hydrazine groups is 1. The maximum atomic E-state index is 13.0. The average Bonchev–Trinajstić information content (AvgIpc) is 2.81. The van der Waals surface area contributed by atoms with Crippen LogP contribution in [-0.2, 0) is 21.0 Å². The third-order valence-electron chi connectivity index (χ3n) is 4.82. The van der Waals surface area contributed by atoms with Crippen molar-refractivity contribution in [1.29, 1.82) is 0 Å². The Morgan fingerprint density at radius 2 is 1.57 bits per heavy atom. The third kappa shape index (κ3) is 7.51. The first-order valence-corrected chi connectivity index (χ1v) is 12.6. The number of hydrogen-bond donors (Lipinski definition) is 4. The standard InChI is InChI=1S/C23H19Cl2F3N4O4S/c1-13-5-7-15(8-6-13)29-12-21(33)30-31-22(34)17-10-20(19(25)11-18(17)24)37(35,36)32-16-4-2-3-14(9-16)23(26,27)28/h2-11,29,32H,12H2,1H3,(H,30,33)(H,31,34). The molecule has 0 bridgehead atoms. The molecule has 0 aromatic heterocycles. The van der Waals surface area contributed by atoms with Gasteiger partial charge in [-0.15, -0.1) is 0 Å². The van der Waals surface area contributed by atoms with Gasteiger partial charge in [-0.05, 0) is 49.4 Å². The van der Waals surface area contributed by atoms with Crippen LogP contribution in [0.25, 0.3) is 0 Å². The van der Waals surface area contributed by atoms with Crippen molar-refractivity contribution in [3.05, 3.63) is 87.4 Å². The number of halogens is 5. The van der Waals surface area contributed by atoms with Gasteiger partial charge in [0, 0.05) is 11.4 Å². The molecule has 3 rings (SSSR count). The van der Waals surface area contributed by atoms with Crippen molar-refractivity contribution in [3.8, 4) is 0 Å². The Hall–Kier alpha value is -3.48. The van der Waals surface area contributed by atoms with E-state index in [4.69, 9.17) is 23.2 Å². The van der Waals surface area contributed by atoms with E-state index in [0.29, 0.717) is 11.8 Å². The van der Waals surface area contributed by atoms with E-state index < -0.39 is 38.5 Å². The molecule has 0 radical (unpaired) electrons. The fourth-order valence-electron chi connectivity index (χ4n) is 2.97. The summed E-state index contributed by atoms with van der Waals surface area (Å²) < 4.78 is 66.6. The van der Waals surface area contributed by atoms with Gasteiger partial charge in [0.25, 0.3) is 21.8 Å². The Bertz CT molecular complexity index is 1430. The summed E-state index contributed by atoms with van der Waals surface area (Å²) in [5.41, 5.74) is 4.18. The third-order valence-corrected chi connectivity index (χ3v) is 6.98. The Morgan fingerprint density at radius 1 is 0.892 bits per heavy atom. The second kappa shape index (κ2) is 11.3. The number of nitrogens with one attached hydrogen (secondary N) is 4. The van der Waals surface area contributed by atoms with Gasteiger partial charge in [0.05, 0.1) is 27.7 Å². The summed E-state index contributed by atoms with van der Waals surface area (Å²) in [5, 5.41) is 2.24. The number of hydrogen-bond acceptors (Lipinski definition) is 5. The van der Waals surface area contributed by atoms with Crippen molar-refractivity contribution >= 4 is 56.4 Å². The maximum Gasteiger partial charge on any atom is 0.416 e. The number of benzene rings is 3. The zero-order valence-corrected chi connectivity index (χ0v) is 21.2. The lowest BCUT2D eigenvalue weighted by atomic mass is 10.2. The van der Waals surface area contributed by atoms with Gasteiger partial charge in [0.1, 0.15) is 4.90 Å². The molecule has 8 nitrogen and oxygen atoms in total. The minimum absolute atomic E-state index is 0.182. The summed E-state index contributed by atoms with van der Waals surface area (Å²) >= 11 is 12.0. The highest BCUT2D eigenvalue weighted by atomic mass is 35.5. The van der Waals surface area contributed by atoms with Gasteiger partial charge >= 0.3 is 6.18 Å². The van der Waals surface area contributed by atoms with Crippen LogP contribution in [0.3, 0.4) is 0 Å². The molecule has 0 atom stereocenters. The highest BCUT2D eigenvalue weighted by molar-refractivity contribution is 7.92. The van der Waals surface area contributed by atoms with E-state index >= 15 is 0 Å². The van der Waals surface area contributed by atoms with Crippen LogP contribution in [0.4, 0.5) is 24.5 Å². The van der Waals surface area contributed by atoms with Crippen LogP contribution >= 0.6 is 23.2 Å². The van der Waals surface area contributed by atoms with Gasteiger partial charge < -0.3 is 5.32 Å². The summed E-state index contributed by atoms with van der Waals surface area (Å²) in [6.07, 6.45) is -4.69. The molecule has 3 aromatic rings. The molecule has 4 N–H and O–H groups in total. The smallest absolute Gasteiger partial charge is 0.376 e. The lowest BCUT2D eigenvalue weighted by Crippen LogP contribution is -2.44. The molecule has 0 saturated heterocycles. The molecule has 2 amide bonds. The number of carbonyl (C=O) groups is 2. The lowest BCUT2D eigenvalue weighted by molar-refractivity contribution is -0.137. The Morgan fingerprint density at radius 3 is 2.22 bits per heavy atom. The van der Waals surface area contributed by atoms with Crippen molar-refractivity contribution in [2.24, 2.45) is 0 Å². The molecule has 0 saturated carbocycles. The summed E-state index contributed by atoms with van der Waals surface area (Å²) in [7, 11) is -4.54. The number of amides is 2. The first kappa shape index (κ1) is 28.1. The summed E-state index contributed by atoms with van der Waals surface area (Å²) in [4.78, 5) is 24.0. The van der Waals surface area contributed by atoms with Gasteiger partial charge in [-0.3, -0.25) is 25.2 Å². The number of aryl methyl sites for hydroxylation is 1. The molecule has 3 aromatic carbocycles. The molecule has 37 heavy (non-hydrogen) atoms. The second-order valence-electron chi connectivity index (χ2n) is 7.67. The molecule has 0 aliphatic carbocycles. The summed E-state index contributed by atoms with van der Waals surface area (Å²) in [6, 6.07) is 12.6. The number of sulfonamides is 1. The van der Waals surface area contributed by atoms with Gasteiger partial charge in [-0.25, -0.2) is 8.42 Å². The topological polar surface area (TPSA) is 116 Å². The molecular weight excluding hydrogens is 556 g/mol. The summed E-state index contributed by atoms with van der Waals surface area (Å²) in [6.45, 7) is 1.73.